The number of fused-ring (bicyclic) bond motifs is 1. The maximum atomic E-state index is 14.3. The zero-order chi connectivity index (χ0) is 16.8. The number of hydrogen-bond acceptors (Lipinski definition) is 4. The lowest BCUT2D eigenvalue weighted by Gasteiger charge is -2.37. The third-order valence-electron chi connectivity index (χ3n) is 5.01. The van der Waals surface area contributed by atoms with Crippen molar-refractivity contribution < 1.29 is 4.39 Å². The van der Waals surface area contributed by atoms with Crippen LogP contribution in [0.25, 0.3) is 0 Å². The molecular formula is C19H19FN4. The van der Waals surface area contributed by atoms with Crippen molar-refractivity contribution in [3.63, 3.8) is 0 Å². The van der Waals surface area contributed by atoms with Gasteiger partial charge in [-0.15, -0.1) is 0 Å². The summed E-state index contributed by atoms with van der Waals surface area (Å²) in [5, 5.41) is 13.7. The summed E-state index contributed by atoms with van der Waals surface area (Å²) in [6.45, 7) is 5.08. The molecule has 0 unspecified atom stereocenters. The highest BCUT2D eigenvalue weighted by Gasteiger charge is 2.38. The van der Waals surface area contributed by atoms with Crippen LogP contribution in [0.3, 0.4) is 0 Å². The number of nitriles is 1. The van der Waals surface area contributed by atoms with Gasteiger partial charge in [-0.3, -0.25) is 5.01 Å². The van der Waals surface area contributed by atoms with Crippen LogP contribution in [0.5, 0.6) is 0 Å². The first-order chi connectivity index (χ1) is 11.6. The lowest BCUT2D eigenvalue weighted by atomic mass is 10.0. The molecule has 1 saturated carbocycles. The van der Waals surface area contributed by atoms with E-state index in [0.717, 1.165) is 24.0 Å². The Balaban J connectivity index is 1.71. The van der Waals surface area contributed by atoms with E-state index in [4.69, 9.17) is 0 Å². The number of halogens is 1. The Morgan fingerprint density at radius 3 is 2.88 bits per heavy atom. The number of hydrazine groups is 1. The average molecular weight is 322 g/mol. The number of benzene rings is 1. The molecule has 1 aromatic rings. The van der Waals surface area contributed by atoms with Crippen LogP contribution in [0, 0.1) is 23.1 Å². The van der Waals surface area contributed by atoms with E-state index in [1.165, 1.54) is 18.9 Å². The van der Waals surface area contributed by atoms with Crippen molar-refractivity contribution in [3.05, 3.63) is 58.8 Å². The van der Waals surface area contributed by atoms with Crippen molar-refractivity contribution in [3.8, 4) is 6.07 Å². The molecule has 1 aliphatic carbocycles. The third kappa shape index (κ3) is 2.35. The maximum Gasteiger partial charge on any atom is 0.145 e. The van der Waals surface area contributed by atoms with Gasteiger partial charge < -0.3 is 0 Å². The van der Waals surface area contributed by atoms with Crippen molar-refractivity contribution in [2.24, 2.45) is 10.9 Å². The lowest BCUT2D eigenvalue weighted by Crippen LogP contribution is -2.44. The maximum absolute atomic E-state index is 14.3. The molecule has 0 aromatic heterocycles. The Morgan fingerprint density at radius 1 is 1.38 bits per heavy atom. The summed E-state index contributed by atoms with van der Waals surface area (Å²) in [5.41, 5.74) is 2.12. The minimum atomic E-state index is -0.410. The van der Waals surface area contributed by atoms with Crippen LogP contribution in [0.15, 0.2) is 46.9 Å². The topological polar surface area (TPSA) is 42.6 Å². The molecule has 1 aromatic carbocycles. The van der Waals surface area contributed by atoms with E-state index in [9.17, 15) is 9.65 Å². The van der Waals surface area contributed by atoms with Gasteiger partial charge in [0.2, 0.25) is 0 Å². The molecule has 4 nitrogen and oxygen atoms in total. The van der Waals surface area contributed by atoms with E-state index < -0.39 is 5.82 Å². The highest BCUT2D eigenvalue weighted by molar-refractivity contribution is 6.11. The Bertz CT molecular complexity index is 826. The van der Waals surface area contributed by atoms with Crippen LogP contribution < -0.4 is 0 Å². The van der Waals surface area contributed by atoms with Crippen LogP contribution in [0.4, 0.5) is 4.39 Å². The molecule has 3 aliphatic rings. The fourth-order valence-electron chi connectivity index (χ4n) is 3.54. The molecule has 0 spiro atoms. The number of allylic oxidation sites excluding steroid dienone is 2. The van der Waals surface area contributed by atoms with Crippen LogP contribution in [0.1, 0.15) is 37.8 Å². The molecule has 1 fully saturated rings. The first kappa shape index (κ1) is 15.1. The zero-order valence-electron chi connectivity index (χ0n) is 13.8. The van der Waals surface area contributed by atoms with E-state index >= 15 is 0 Å². The normalized spacial score (nSPS) is 21.6. The van der Waals surface area contributed by atoms with Gasteiger partial charge in [-0.1, -0.05) is 6.07 Å². The SMILES string of the molecule is CC1=CC(c2c(F)cccc2C#N)=NC2=CCN([C@@H](C)C3CC3)N12. The molecule has 4 rings (SSSR count). The van der Waals surface area contributed by atoms with Crippen molar-refractivity contribution in [2.75, 3.05) is 6.54 Å². The van der Waals surface area contributed by atoms with Gasteiger partial charge >= 0.3 is 0 Å². The van der Waals surface area contributed by atoms with E-state index in [-0.39, 0.29) is 5.56 Å². The summed E-state index contributed by atoms with van der Waals surface area (Å²) in [4.78, 5) is 4.64. The smallest absolute Gasteiger partial charge is 0.145 e. The lowest BCUT2D eigenvalue weighted by molar-refractivity contribution is 0.0236. The van der Waals surface area contributed by atoms with Gasteiger partial charge in [-0.05, 0) is 56.9 Å². The number of nitrogens with zero attached hydrogens (tertiary/aromatic N) is 4. The van der Waals surface area contributed by atoms with Crippen molar-refractivity contribution in [1.29, 1.82) is 5.26 Å². The molecule has 2 aliphatic heterocycles. The Labute approximate surface area is 141 Å². The Kier molecular flexibility index (Phi) is 3.50. The first-order valence-electron chi connectivity index (χ1n) is 8.33. The fourth-order valence-corrected chi connectivity index (χ4v) is 3.54. The van der Waals surface area contributed by atoms with Gasteiger partial charge in [-0.2, -0.15) is 5.26 Å². The van der Waals surface area contributed by atoms with Crippen molar-refractivity contribution in [2.45, 2.75) is 32.7 Å². The molecule has 0 saturated heterocycles. The van der Waals surface area contributed by atoms with E-state index in [1.54, 1.807) is 12.1 Å². The number of aliphatic imine (C=N–C) groups is 1. The van der Waals surface area contributed by atoms with E-state index in [2.05, 4.69) is 34.1 Å². The monoisotopic (exact) mass is 322 g/mol. The average Bonchev–Trinajstić information content (AvgIpc) is 3.33. The standard InChI is InChI=1S/C19H19FN4/c1-12-10-17(19-15(11-21)4-3-5-16(19)20)22-18-8-9-23(24(12)18)13(2)14-6-7-14/h3-5,8,10,13-14H,6-7,9H2,1-2H3/t13-/m0/s1. The van der Waals surface area contributed by atoms with Gasteiger partial charge in [0.1, 0.15) is 11.6 Å². The van der Waals surface area contributed by atoms with Crippen molar-refractivity contribution >= 4 is 5.71 Å². The largest absolute Gasteiger partial charge is 0.261 e. The summed E-state index contributed by atoms with van der Waals surface area (Å²) in [5.74, 6) is 1.17. The zero-order valence-corrected chi connectivity index (χ0v) is 13.8. The molecule has 5 heteroatoms. The van der Waals surface area contributed by atoms with E-state index in [0.29, 0.717) is 17.3 Å². The molecule has 0 radical (unpaired) electrons. The van der Waals surface area contributed by atoms with Crippen molar-refractivity contribution in [1.82, 2.24) is 10.0 Å². The molecule has 2 heterocycles. The Hall–Kier alpha value is -2.45. The molecule has 0 amide bonds. The van der Waals surface area contributed by atoms with Gasteiger partial charge in [-0.25, -0.2) is 14.4 Å². The summed E-state index contributed by atoms with van der Waals surface area (Å²) in [6, 6.07) is 7.09. The van der Waals surface area contributed by atoms with Gasteiger partial charge in [0, 0.05) is 18.3 Å². The van der Waals surface area contributed by atoms with Crippen LogP contribution in [-0.2, 0) is 0 Å². The fraction of sp³-hybridized carbons (Fsp3) is 0.368. The van der Waals surface area contributed by atoms with Gasteiger partial charge in [0.15, 0.2) is 0 Å². The van der Waals surface area contributed by atoms with Crippen LogP contribution in [-0.4, -0.2) is 28.3 Å². The second-order valence-electron chi connectivity index (χ2n) is 6.63. The second-order valence-corrected chi connectivity index (χ2v) is 6.63. The highest BCUT2D eigenvalue weighted by atomic mass is 19.1. The number of hydrogen-bond donors (Lipinski definition) is 0. The summed E-state index contributed by atoms with van der Waals surface area (Å²) >= 11 is 0. The van der Waals surface area contributed by atoms with Gasteiger partial charge in [0.05, 0.1) is 22.9 Å². The summed E-state index contributed by atoms with van der Waals surface area (Å²) in [7, 11) is 0. The minimum Gasteiger partial charge on any atom is -0.261 e. The van der Waals surface area contributed by atoms with Crippen LogP contribution in [0.2, 0.25) is 0 Å². The third-order valence-corrected chi connectivity index (χ3v) is 5.01. The predicted octanol–water partition coefficient (Wildman–Crippen LogP) is 3.58. The molecular weight excluding hydrogens is 303 g/mol. The quantitative estimate of drug-likeness (QED) is 0.854. The van der Waals surface area contributed by atoms with Crippen LogP contribution >= 0.6 is 0 Å². The summed E-state index contributed by atoms with van der Waals surface area (Å²) in [6.07, 6.45) is 6.52. The van der Waals surface area contributed by atoms with Gasteiger partial charge in [0.25, 0.3) is 0 Å². The molecule has 24 heavy (non-hydrogen) atoms. The summed E-state index contributed by atoms with van der Waals surface area (Å²) < 4.78 is 14.3. The predicted molar refractivity (Wildman–Crippen MR) is 90.2 cm³/mol. The van der Waals surface area contributed by atoms with E-state index in [1.807, 2.05) is 13.0 Å². The molecule has 0 bridgehead atoms. The number of rotatable bonds is 3. The second kappa shape index (κ2) is 5.57. The Morgan fingerprint density at radius 2 is 2.17 bits per heavy atom. The molecule has 0 N–H and O–H groups in total. The molecule has 122 valence electrons. The molecule has 1 atom stereocenters. The first-order valence-corrected chi connectivity index (χ1v) is 8.33. The minimum absolute atomic E-state index is 0.286. The highest BCUT2D eigenvalue weighted by Crippen LogP contribution is 2.39.